The lowest BCUT2D eigenvalue weighted by Crippen LogP contribution is -3.11. The molecule has 1 unspecified atom stereocenters. The molecule has 7 heteroatoms. The van der Waals surface area contributed by atoms with Crippen molar-refractivity contribution in [2.75, 3.05) is 44.8 Å². The molecule has 2 amide bonds. The number of thioether (sulfide) groups is 1. The smallest absolute Gasteiger partial charge is 0.279 e. The molecule has 1 saturated heterocycles. The number of morpholine rings is 1. The first-order chi connectivity index (χ1) is 11.9. The van der Waals surface area contributed by atoms with Gasteiger partial charge in [0, 0.05) is 18.0 Å². The van der Waals surface area contributed by atoms with Gasteiger partial charge < -0.3 is 19.9 Å². The minimum Gasteiger partial charge on any atom is -0.372 e. The van der Waals surface area contributed by atoms with E-state index in [0.717, 1.165) is 15.5 Å². The molecule has 1 aliphatic heterocycles. The minimum atomic E-state index is -0.0875. The standard InChI is InChI=1S/C18H27N3O3S/c1-13-9-21(10-14(2)24-13)18(23)12-20(3)11-17(22)19-15-7-5-6-8-16(15)25-4/h5-8,13-14H,9-12H2,1-4H3,(H,19,22)/p+1/t13-,14-/m0/s1. The Labute approximate surface area is 153 Å². The molecule has 0 spiro atoms. The average Bonchev–Trinajstić information content (AvgIpc) is 2.54. The summed E-state index contributed by atoms with van der Waals surface area (Å²) in [4.78, 5) is 28.5. The van der Waals surface area contributed by atoms with Crippen LogP contribution in [0.5, 0.6) is 0 Å². The Kier molecular flexibility index (Phi) is 7.28. The average molecular weight is 367 g/mol. The van der Waals surface area contributed by atoms with Gasteiger partial charge >= 0.3 is 0 Å². The van der Waals surface area contributed by atoms with Crippen LogP contribution in [0, 0.1) is 0 Å². The van der Waals surface area contributed by atoms with Crippen LogP contribution in [0.15, 0.2) is 29.2 Å². The summed E-state index contributed by atoms with van der Waals surface area (Å²) in [5, 5.41) is 2.93. The molecular formula is C18H28N3O3S+. The quantitative estimate of drug-likeness (QED) is 0.720. The fourth-order valence-corrected chi connectivity index (χ4v) is 3.58. The number of nitrogens with one attached hydrogen (secondary N) is 2. The summed E-state index contributed by atoms with van der Waals surface area (Å²) >= 11 is 1.59. The predicted octanol–water partition coefficient (Wildman–Crippen LogP) is 0.498. The SMILES string of the molecule is CSc1ccccc1NC(=O)C[NH+](C)CC(=O)N1C[C@H](C)O[C@@H](C)C1. The first kappa shape index (κ1) is 19.8. The van der Waals surface area contributed by atoms with E-state index >= 15 is 0 Å². The second-order valence-electron chi connectivity index (χ2n) is 6.62. The second-order valence-corrected chi connectivity index (χ2v) is 7.46. The number of ether oxygens (including phenoxy) is 1. The van der Waals surface area contributed by atoms with E-state index in [1.165, 1.54) is 0 Å². The Hall–Kier alpha value is -1.57. The number of rotatable bonds is 6. The summed E-state index contributed by atoms with van der Waals surface area (Å²) in [5.41, 5.74) is 0.815. The molecule has 1 heterocycles. The molecule has 0 saturated carbocycles. The van der Waals surface area contributed by atoms with Crippen molar-refractivity contribution in [3.8, 4) is 0 Å². The molecule has 2 rings (SSSR count). The third kappa shape index (κ3) is 6.02. The van der Waals surface area contributed by atoms with Gasteiger partial charge in [0.25, 0.3) is 11.8 Å². The van der Waals surface area contributed by atoms with Gasteiger partial charge in [-0.15, -0.1) is 11.8 Å². The van der Waals surface area contributed by atoms with Crippen molar-refractivity contribution in [1.82, 2.24) is 4.90 Å². The fourth-order valence-electron chi connectivity index (χ4n) is 3.03. The van der Waals surface area contributed by atoms with Crippen molar-refractivity contribution in [1.29, 1.82) is 0 Å². The van der Waals surface area contributed by atoms with Crippen molar-refractivity contribution in [2.24, 2.45) is 0 Å². The van der Waals surface area contributed by atoms with E-state index < -0.39 is 0 Å². The summed E-state index contributed by atoms with van der Waals surface area (Å²) in [6.07, 6.45) is 2.09. The summed E-state index contributed by atoms with van der Waals surface area (Å²) in [7, 11) is 1.87. The van der Waals surface area contributed by atoms with Gasteiger partial charge in [0.1, 0.15) is 0 Å². The van der Waals surface area contributed by atoms with E-state index in [1.54, 1.807) is 11.8 Å². The third-order valence-electron chi connectivity index (χ3n) is 4.07. The summed E-state index contributed by atoms with van der Waals surface area (Å²) < 4.78 is 5.66. The summed E-state index contributed by atoms with van der Waals surface area (Å²) in [6.45, 7) is 5.74. The zero-order valence-corrected chi connectivity index (χ0v) is 16.2. The van der Waals surface area contributed by atoms with E-state index in [9.17, 15) is 9.59 Å². The van der Waals surface area contributed by atoms with E-state index in [0.29, 0.717) is 19.6 Å². The van der Waals surface area contributed by atoms with Gasteiger partial charge in [0.15, 0.2) is 13.1 Å². The zero-order chi connectivity index (χ0) is 18.4. The van der Waals surface area contributed by atoms with Crippen LogP contribution in [0.4, 0.5) is 5.69 Å². The lowest BCUT2D eigenvalue weighted by atomic mass is 10.2. The zero-order valence-electron chi connectivity index (χ0n) is 15.4. The van der Waals surface area contributed by atoms with Gasteiger partial charge in [-0.3, -0.25) is 9.59 Å². The number of benzene rings is 1. The number of carbonyl (C=O) groups is 2. The largest absolute Gasteiger partial charge is 0.372 e. The number of nitrogens with zero attached hydrogens (tertiary/aromatic N) is 1. The molecule has 6 nitrogen and oxygen atoms in total. The van der Waals surface area contributed by atoms with Crippen LogP contribution in [0.3, 0.4) is 0 Å². The monoisotopic (exact) mass is 366 g/mol. The fraction of sp³-hybridized carbons (Fsp3) is 0.556. The maximum Gasteiger partial charge on any atom is 0.279 e. The van der Waals surface area contributed by atoms with Crippen molar-refractivity contribution >= 4 is 29.3 Å². The van der Waals surface area contributed by atoms with Gasteiger partial charge in [-0.2, -0.15) is 0 Å². The van der Waals surface area contributed by atoms with Crippen molar-refractivity contribution in [3.63, 3.8) is 0 Å². The Morgan fingerprint density at radius 1 is 1.24 bits per heavy atom. The van der Waals surface area contributed by atoms with Crippen LogP contribution in [-0.2, 0) is 14.3 Å². The molecule has 0 radical (unpaired) electrons. The number of quaternary nitrogens is 1. The molecule has 138 valence electrons. The molecule has 2 N–H and O–H groups in total. The lowest BCUT2D eigenvalue weighted by Gasteiger charge is -2.35. The van der Waals surface area contributed by atoms with Crippen LogP contribution in [0.2, 0.25) is 0 Å². The molecular weight excluding hydrogens is 338 g/mol. The Bertz CT molecular complexity index is 601. The molecule has 0 aliphatic carbocycles. The number of anilines is 1. The van der Waals surface area contributed by atoms with Crippen LogP contribution in [-0.4, -0.2) is 68.4 Å². The van der Waals surface area contributed by atoms with Crippen LogP contribution >= 0.6 is 11.8 Å². The van der Waals surface area contributed by atoms with Crippen LogP contribution < -0.4 is 10.2 Å². The summed E-state index contributed by atoms with van der Waals surface area (Å²) in [5.74, 6) is -0.0210. The Morgan fingerprint density at radius 2 is 1.88 bits per heavy atom. The highest BCUT2D eigenvalue weighted by Crippen LogP contribution is 2.24. The predicted molar refractivity (Wildman–Crippen MR) is 100 cm³/mol. The minimum absolute atomic E-state index is 0.0550. The van der Waals surface area contributed by atoms with Crippen LogP contribution in [0.25, 0.3) is 0 Å². The number of amides is 2. The molecule has 1 aromatic carbocycles. The lowest BCUT2D eigenvalue weighted by molar-refractivity contribution is -0.862. The number of hydrogen-bond donors (Lipinski definition) is 2. The Balaban J connectivity index is 1.83. The molecule has 1 aromatic rings. The van der Waals surface area contributed by atoms with E-state index in [-0.39, 0.29) is 30.6 Å². The highest BCUT2D eigenvalue weighted by Gasteiger charge is 2.27. The molecule has 1 fully saturated rings. The second kappa shape index (κ2) is 9.22. The summed E-state index contributed by atoms with van der Waals surface area (Å²) in [6, 6.07) is 7.71. The number of likely N-dealkylation sites (N-methyl/N-ethyl adjacent to an activating group) is 1. The van der Waals surface area contributed by atoms with Crippen molar-refractivity contribution in [2.45, 2.75) is 31.0 Å². The van der Waals surface area contributed by atoms with Crippen molar-refractivity contribution < 1.29 is 19.2 Å². The maximum atomic E-state index is 12.5. The topological polar surface area (TPSA) is 63.1 Å². The third-order valence-corrected chi connectivity index (χ3v) is 4.86. The maximum absolute atomic E-state index is 12.5. The highest BCUT2D eigenvalue weighted by molar-refractivity contribution is 7.98. The number of hydrogen-bond acceptors (Lipinski definition) is 4. The van der Waals surface area contributed by atoms with Crippen molar-refractivity contribution in [3.05, 3.63) is 24.3 Å². The first-order valence-corrected chi connectivity index (χ1v) is 9.79. The van der Waals surface area contributed by atoms with Crippen LogP contribution in [0.1, 0.15) is 13.8 Å². The van der Waals surface area contributed by atoms with Gasteiger partial charge in [0.2, 0.25) is 0 Å². The highest BCUT2D eigenvalue weighted by atomic mass is 32.2. The number of carbonyl (C=O) groups excluding carboxylic acids is 2. The van der Waals surface area contributed by atoms with E-state index in [4.69, 9.17) is 4.74 Å². The van der Waals surface area contributed by atoms with Gasteiger partial charge in [-0.25, -0.2) is 0 Å². The first-order valence-electron chi connectivity index (χ1n) is 8.56. The molecule has 0 bridgehead atoms. The van der Waals surface area contributed by atoms with Gasteiger partial charge in [-0.1, -0.05) is 12.1 Å². The molecule has 1 aliphatic rings. The Morgan fingerprint density at radius 3 is 2.52 bits per heavy atom. The molecule has 25 heavy (non-hydrogen) atoms. The molecule has 0 aromatic heterocycles. The van der Waals surface area contributed by atoms with E-state index in [1.807, 2.05) is 56.3 Å². The number of para-hydroxylation sites is 1. The van der Waals surface area contributed by atoms with Gasteiger partial charge in [-0.05, 0) is 32.2 Å². The normalized spacial score (nSPS) is 21.7. The molecule has 3 atom stereocenters. The van der Waals surface area contributed by atoms with Gasteiger partial charge in [0.05, 0.1) is 24.9 Å². The van der Waals surface area contributed by atoms with E-state index in [2.05, 4.69) is 5.32 Å².